The smallest absolute Gasteiger partial charge is 0.238 e. The molecule has 2 atom stereocenters. The van der Waals surface area contributed by atoms with Crippen molar-refractivity contribution in [3.05, 3.63) is 65.4 Å². The monoisotopic (exact) mass is 409 g/mol. The zero-order valence-corrected chi connectivity index (χ0v) is 17.6. The van der Waals surface area contributed by atoms with E-state index < -0.39 is 0 Å². The molecule has 0 fully saturated rings. The van der Waals surface area contributed by atoms with E-state index in [1.807, 2.05) is 62.4 Å². The van der Waals surface area contributed by atoms with Crippen molar-refractivity contribution < 1.29 is 14.3 Å². The summed E-state index contributed by atoms with van der Waals surface area (Å²) < 4.78 is 12.9. The molecule has 1 aromatic heterocycles. The Bertz CT molecular complexity index is 1050. The van der Waals surface area contributed by atoms with Crippen molar-refractivity contribution in [1.29, 1.82) is 0 Å². The highest BCUT2D eigenvalue weighted by molar-refractivity contribution is 8.01. The van der Waals surface area contributed by atoms with Gasteiger partial charge in [-0.25, -0.2) is 4.68 Å². The summed E-state index contributed by atoms with van der Waals surface area (Å²) >= 11 is 1.58. The number of hydrogen-bond acceptors (Lipinski definition) is 5. The van der Waals surface area contributed by atoms with Crippen LogP contribution in [0.3, 0.4) is 0 Å². The molecule has 6 nitrogen and oxygen atoms in total. The van der Waals surface area contributed by atoms with Crippen LogP contribution < -0.4 is 14.8 Å². The minimum Gasteiger partial charge on any atom is -0.497 e. The van der Waals surface area contributed by atoms with Crippen molar-refractivity contribution >= 4 is 23.5 Å². The van der Waals surface area contributed by atoms with Crippen LogP contribution in [-0.4, -0.2) is 35.2 Å². The summed E-state index contributed by atoms with van der Waals surface area (Å²) in [6.45, 7) is 3.89. The normalized spacial score (nSPS) is 18.6. The van der Waals surface area contributed by atoms with E-state index in [2.05, 4.69) is 5.32 Å². The van der Waals surface area contributed by atoms with Gasteiger partial charge in [-0.05, 0) is 44.2 Å². The average Bonchev–Trinajstić information content (AvgIpc) is 3.00. The molecule has 1 N–H and O–H groups in total. The van der Waals surface area contributed by atoms with Gasteiger partial charge in [-0.15, -0.1) is 11.8 Å². The molecular formula is C22H23N3O3S. The molecule has 0 spiro atoms. The van der Waals surface area contributed by atoms with Gasteiger partial charge in [0.25, 0.3) is 0 Å². The molecular weight excluding hydrogens is 386 g/mol. The fourth-order valence-corrected chi connectivity index (χ4v) is 4.89. The van der Waals surface area contributed by atoms with Crippen LogP contribution in [0, 0.1) is 6.92 Å². The highest BCUT2D eigenvalue weighted by Gasteiger charge is 2.35. The van der Waals surface area contributed by atoms with E-state index in [0.717, 1.165) is 34.0 Å². The number of nitrogens with zero attached hydrogens (tertiary/aromatic N) is 2. The highest BCUT2D eigenvalue weighted by atomic mass is 32.2. The Morgan fingerprint density at radius 2 is 1.86 bits per heavy atom. The van der Waals surface area contributed by atoms with Gasteiger partial charge in [0.1, 0.15) is 17.3 Å². The van der Waals surface area contributed by atoms with Crippen molar-refractivity contribution in [2.75, 3.05) is 19.5 Å². The number of rotatable bonds is 4. The zero-order valence-electron chi connectivity index (χ0n) is 16.8. The third kappa shape index (κ3) is 3.46. The van der Waals surface area contributed by atoms with E-state index in [0.29, 0.717) is 5.82 Å². The number of aromatic nitrogens is 2. The molecule has 1 aliphatic heterocycles. The van der Waals surface area contributed by atoms with Crippen LogP contribution in [0.5, 0.6) is 11.5 Å². The number of carbonyl (C=O) groups is 1. The Kier molecular flexibility index (Phi) is 5.24. The molecule has 2 aromatic carbocycles. The fraction of sp³-hybridized carbons (Fsp3) is 0.273. The van der Waals surface area contributed by atoms with Gasteiger partial charge in [-0.1, -0.05) is 18.2 Å². The Morgan fingerprint density at radius 3 is 2.55 bits per heavy atom. The summed E-state index contributed by atoms with van der Waals surface area (Å²) in [6.07, 6.45) is 0. The molecule has 2 unspecified atom stereocenters. The summed E-state index contributed by atoms with van der Waals surface area (Å²) in [5.74, 6) is 2.15. The quantitative estimate of drug-likeness (QED) is 0.694. The van der Waals surface area contributed by atoms with Gasteiger partial charge in [0, 0.05) is 11.1 Å². The van der Waals surface area contributed by atoms with E-state index in [4.69, 9.17) is 14.6 Å². The number of benzene rings is 2. The largest absolute Gasteiger partial charge is 0.497 e. The lowest BCUT2D eigenvalue weighted by Gasteiger charge is -2.20. The first-order valence-corrected chi connectivity index (χ1v) is 10.3. The number of fused-ring (bicyclic) bond motifs is 1. The number of ether oxygens (including phenoxy) is 2. The molecule has 0 saturated heterocycles. The van der Waals surface area contributed by atoms with Gasteiger partial charge in [0.15, 0.2) is 0 Å². The predicted octanol–water partition coefficient (Wildman–Crippen LogP) is 4.36. The minimum atomic E-state index is -0.244. The van der Waals surface area contributed by atoms with Crippen molar-refractivity contribution in [3.63, 3.8) is 0 Å². The minimum absolute atomic E-state index is 0.0438. The zero-order chi connectivity index (χ0) is 20.5. The van der Waals surface area contributed by atoms with E-state index in [9.17, 15) is 4.79 Å². The number of aryl methyl sites for hydroxylation is 1. The van der Waals surface area contributed by atoms with Gasteiger partial charge < -0.3 is 14.8 Å². The van der Waals surface area contributed by atoms with Gasteiger partial charge in [0.05, 0.1) is 36.1 Å². The van der Waals surface area contributed by atoms with Gasteiger partial charge >= 0.3 is 0 Å². The Hall–Kier alpha value is -2.93. The highest BCUT2D eigenvalue weighted by Crippen LogP contribution is 2.49. The van der Waals surface area contributed by atoms with Gasteiger partial charge in [0.2, 0.25) is 5.91 Å². The van der Waals surface area contributed by atoms with Crippen LogP contribution in [-0.2, 0) is 4.79 Å². The topological polar surface area (TPSA) is 65.4 Å². The van der Waals surface area contributed by atoms with Crippen LogP contribution in [0.4, 0.5) is 5.82 Å². The molecule has 7 heteroatoms. The first-order valence-electron chi connectivity index (χ1n) is 9.36. The predicted molar refractivity (Wildman–Crippen MR) is 115 cm³/mol. The van der Waals surface area contributed by atoms with Gasteiger partial charge in [-0.3, -0.25) is 4.79 Å². The fourth-order valence-electron chi connectivity index (χ4n) is 3.55. The standard InChI is InChI=1S/C22H23N3O3S/c1-13-19-20(17-12-16(27-3)10-11-18(17)28-4)29-14(2)22(26)23-21(19)25(24-13)15-8-6-5-7-9-15/h5-12,14,20H,1-4H3,(H,23,26). The summed E-state index contributed by atoms with van der Waals surface area (Å²) in [5.41, 5.74) is 3.69. The lowest BCUT2D eigenvalue weighted by atomic mass is 10.0. The molecule has 29 heavy (non-hydrogen) atoms. The van der Waals surface area contributed by atoms with Crippen LogP contribution in [0.1, 0.15) is 29.0 Å². The summed E-state index contributed by atoms with van der Waals surface area (Å²) in [5, 5.41) is 7.47. The van der Waals surface area contributed by atoms with Crippen molar-refractivity contribution in [2.45, 2.75) is 24.3 Å². The van der Waals surface area contributed by atoms with Crippen LogP contribution in [0.15, 0.2) is 48.5 Å². The molecule has 0 radical (unpaired) electrons. The number of amides is 1. The summed E-state index contributed by atoms with van der Waals surface area (Å²) in [6, 6.07) is 15.6. The van der Waals surface area contributed by atoms with Crippen LogP contribution >= 0.6 is 11.8 Å². The number of carbonyl (C=O) groups excluding carboxylic acids is 1. The van der Waals surface area contributed by atoms with Crippen LogP contribution in [0.2, 0.25) is 0 Å². The Labute approximate surface area is 174 Å². The number of hydrogen-bond donors (Lipinski definition) is 1. The van der Waals surface area contributed by atoms with Crippen molar-refractivity contribution in [1.82, 2.24) is 9.78 Å². The second-order valence-electron chi connectivity index (χ2n) is 6.85. The maximum Gasteiger partial charge on any atom is 0.238 e. The number of thioether (sulfide) groups is 1. The molecule has 150 valence electrons. The first-order chi connectivity index (χ1) is 14.0. The Balaban J connectivity index is 1.94. The molecule has 1 aliphatic rings. The van der Waals surface area contributed by atoms with Crippen molar-refractivity contribution in [2.24, 2.45) is 0 Å². The molecule has 0 bridgehead atoms. The first kappa shape index (κ1) is 19.4. The van der Waals surface area contributed by atoms with Crippen molar-refractivity contribution in [3.8, 4) is 17.2 Å². The second kappa shape index (κ2) is 7.83. The van der Waals surface area contributed by atoms with E-state index in [1.165, 1.54) is 0 Å². The number of para-hydroxylation sites is 1. The summed E-state index contributed by atoms with van der Waals surface area (Å²) in [4.78, 5) is 12.8. The lowest BCUT2D eigenvalue weighted by molar-refractivity contribution is -0.115. The van der Waals surface area contributed by atoms with E-state index >= 15 is 0 Å². The third-order valence-electron chi connectivity index (χ3n) is 5.04. The van der Waals surface area contributed by atoms with E-state index in [-0.39, 0.29) is 16.4 Å². The second-order valence-corrected chi connectivity index (χ2v) is 8.30. The molecule has 1 amide bonds. The van der Waals surface area contributed by atoms with E-state index in [1.54, 1.807) is 30.7 Å². The Morgan fingerprint density at radius 1 is 1.10 bits per heavy atom. The average molecular weight is 410 g/mol. The molecule has 3 aromatic rings. The summed E-state index contributed by atoms with van der Waals surface area (Å²) in [7, 11) is 3.30. The maximum atomic E-state index is 12.8. The lowest BCUT2D eigenvalue weighted by Crippen LogP contribution is -2.22. The molecule has 0 aliphatic carbocycles. The third-order valence-corrected chi connectivity index (χ3v) is 6.42. The number of anilines is 1. The van der Waals surface area contributed by atoms with Gasteiger partial charge in [-0.2, -0.15) is 5.10 Å². The molecule has 0 saturated carbocycles. The van der Waals surface area contributed by atoms with Crippen LogP contribution in [0.25, 0.3) is 5.69 Å². The number of methoxy groups -OCH3 is 2. The molecule has 2 heterocycles. The maximum absolute atomic E-state index is 12.8. The molecule has 4 rings (SSSR count). The number of nitrogens with one attached hydrogen (secondary N) is 1. The SMILES string of the molecule is COc1ccc(OC)c(C2SC(C)C(=O)Nc3c2c(C)nn3-c2ccccc2)c1.